The van der Waals surface area contributed by atoms with Gasteiger partial charge < -0.3 is 10.2 Å². The molecule has 0 bridgehead atoms. The summed E-state index contributed by atoms with van der Waals surface area (Å²) in [4.78, 5) is 29.0. The van der Waals surface area contributed by atoms with Crippen molar-refractivity contribution in [2.45, 2.75) is 32.6 Å². The number of carbonyl (C=O) groups is 1. The van der Waals surface area contributed by atoms with Crippen LogP contribution in [-0.2, 0) is 4.79 Å². The molecule has 5 rings (SSSR count). The lowest BCUT2D eigenvalue weighted by atomic mass is 9.69. The largest absolute Gasteiger partial charge is 0.378 e. The van der Waals surface area contributed by atoms with Gasteiger partial charge in [-0.1, -0.05) is 44.2 Å². The first-order valence-electron chi connectivity index (χ1n) is 11.0. The second kappa shape index (κ2) is 7.26. The minimum absolute atomic E-state index is 0.114. The summed E-state index contributed by atoms with van der Waals surface area (Å²) in [7, 11) is 3.99. The van der Waals surface area contributed by atoms with Gasteiger partial charge in [-0.3, -0.25) is 14.7 Å². The van der Waals surface area contributed by atoms with E-state index < -0.39 is 5.92 Å². The van der Waals surface area contributed by atoms with Gasteiger partial charge in [0.1, 0.15) is 5.82 Å². The number of anilines is 2. The molecule has 0 saturated carbocycles. The van der Waals surface area contributed by atoms with Crippen LogP contribution in [0.2, 0.25) is 0 Å². The summed E-state index contributed by atoms with van der Waals surface area (Å²) in [5.74, 6) is 0.391. The Morgan fingerprint density at radius 1 is 0.969 bits per heavy atom. The second-order valence-corrected chi connectivity index (χ2v) is 9.75. The molecule has 3 aromatic rings. The Bertz CT molecular complexity index is 1280. The molecule has 164 valence electrons. The highest BCUT2D eigenvalue weighted by molar-refractivity contribution is 6.01. The molecule has 1 aliphatic carbocycles. The molecule has 6 nitrogen and oxygen atoms in total. The first-order valence-corrected chi connectivity index (χ1v) is 11.0. The van der Waals surface area contributed by atoms with Gasteiger partial charge >= 0.3 is 0 Å². The SMILES string of the molecule is CN(C)c1ccc([C@@H]2C3=C(CC(C)(C)CC3=O)Nc3[nH]n(-c4ccccc4)c(=O)c32)cc1. The molecule has 1 aromatic heterocycles. The maximum Gasteiger partial charge on any atom is 0.277 e. The summed E-state index contributed by atoms with van der Waals surface area (Å²) >= 11 is 0. The van der Waals surface area contributed by atoms with Gasteiger partial charge in [-0.15, -0.1) is 0 Å². The molecule has 0 unspecified atom stereocenters. The van der Waals surface area contributed by atoms with Crippen LogP contribution < -0.4 is 15.8 Å². The number of benzene rings is 2. The monoisotopic (exact) mass is 428 g/mol. The second-order valence-electron chi connectivity index (χ2n) is 9.75. The molecule has 6 heteroatoms. The number of Topliss-reactive ketones (excluding diaryl/α,β-unsaturated/α-hetero) is 1. The fourth-order valence-electron chi connectivity index (χ4n) is 4.95. The number of fused-ring (bicyclic) bond motifs is 1. The molecule has 32 heavy (non-hydrogen) atoms. The third kappa shape index (κ3) is 3.27. The van der Waals surface area contributed by atoms with E-state index in [-0.39, 0.29) is 16.8 Å². The van der Waals surface area contributed by atoms with Crippen molar-refractivity contribution in [3.05, 3.63) is 87.3 Å². The lowest BCUT2D eigenvalue weighted by Crippen LogP contribution is -2.35. The van der Waals surface area contributed by atoms with Gasteiger partial charge in [-0.2, -0.15) is 0 Å². The van der Waals surface area contributed by atoms with Crippen molar-refractivity contribution >= 4 is 17.3 Å². The van der Waals surface area contributed by atoms with E-state index in [1.807, 2.05) is 73.6 Å². The van der Waals surface area contributed by atoms with E-state index in [1.54, 1.807) is 4.68 Å². The first-order chi connectivity index (χ1) is 15.2. The minimum atomic E-state index is -0.394. The van der Waals surface area contributed by atoms with Crippen molar-refractivity contribution in [2.24, 2.45) is 5.41 Å². The number of aromatic amines is 1. The number of nitrogens with zero attached hydrogens (tertiary/aromatic N) is 2. The molecule has 1 atom stereocenters. The molecule has 1 aliphatic heterocycles. The Morgan fingerprint density at radius 2 is 1.66 bits per heavy atom. The van der Waals surface area contributed by atoms with Gasteiger partial charge in [0.2, 0.25) is 0 Å². The number of carbonyl (C=O) groups excluding carboxylic acids is 1. The summed E-state index contributed by atoms with van der Waals surface area (Å²) in [6.45, 7) is 4.23. The van der Waals surface area contributed by atoms with Crippen LogP contribution in [0.3, 0.4) is 0 Å². The van der Waals surface area contributed by atoms with Crippen molar-refractivity contribution in [3.8, 4) is 5.69 Å². The van der Waals surface area contributed by atoms with Crippen LogP contribution in [0.1, 0.15) is 43.7 Å². The Labute approximate surface area is 187 Å². The zero-order chi connectivity index (χ0) is 22.6. The van der Waals surface area contributed by atoms with E-state index in [4.69, 9.17) is 0 Å². The highest BCUT2D eigenvalue weighted by atomic mass is 16.1. The zero-order valence-corrected chi connectivity index (χ0v) is 18.9. The van der Waals surface area contributed by atoms with Crippen molar-refractivity contribution in [2.75, 3.05) is 24.3 Å². The summed E-state index contributed by atoms with van der Waals surface area (Å²) in [5.41, 5.74) is 4.77. The van der Waals surface area contributed by atoms with Gasteiger partial charge in [0.25, 0.3) is 5.56 Å². The predicted molar refractivity (Wildman–Crippen MR) is 128 cm³/mol. The molecule has 2 aliphatic rings. The first kappa shape index (κ1) is 20.4. The van der Waals surface area contributed by atoms with Crippen LogP contribution in [0.25, 0.3) is 5.69 Å². The fourth-order valence-corrected chi connectivity index (χ4v) is 4.95. The fraction of sp³-hybridized carbons (Fsp3) is 0.308. The number of allylic oxidation sites excluding steroid dienone is 2. The number of hydrogen-bond donors (Lipinski definition) is 2. The summed E-state index contributed by atoms with van der Waals surface area (Å²) in [5, 5.41) is 6.68. The Kier molecular flexibility index (Phi) is 4.62. The molecule has 2 N–H and O–H groups in total. The molecule has 0 radical (unpaired) electrons. The van der Waals surface area contributed by atoms with Gasteiger partial charge in [0.05, 0.1) is 11.3 Å². The summed E-state index contributed by atoms with van der Waals surface area (Å²) < 4.78 is 1.56. The number of ketones is 1. The quantitative estimate of drug-likeness (QED) is 0.647. The molecule has 0 fully saturated rings. The van der Waals surface area contributed by atoms with Crippen LogP contribution in [0.5, 0.6) is 0 Å². The van der Waals surface area contributed by atoms with Crippen molar-refractivity contribution < 1.29 is 4.79 Å². The van der Waals surface area contributed by atoms with E-state index in [1.165, 1.54) is 0 Å². The van der Waals surface area contributed by atoms with Crippen molar-refractivity contribution in [1.82, 2.24) is 9.78 Å². The van der Waals surface area contributed by atoms with Gasteiger partial charge in [-0.05, 0) is 41.7 Å². The summed E-state index contributed by atoms with van der Waals surface area (Å²) in [6.07, 6.45) is 1.24. The average molecular weight is 429 g/mol. The third-order valence-corrected chi connectivity index (χ3v) is 6.46. The number of aromatic nitrogens is 2. The number of para-hydroxylation sites is 1. The standard InChI is InChI=1S/C26H28N4O2/c1-26(2)14-19-22(20(31)15-26)21(16-10-12-17(13-11-16)29(3)4)23-24(27-19)28-30(25(23)32)18-8-6-5-7-9-18/h5-13,21,27-28H,14-15H2,1-4H3/t21-/m1/s1. The van der Waals surface area contributed by atoms with Gasteiger partial charge in [0.15, 0.2) is 5.78 Å². The highest BCUT2D eigenvalue weighted by Crippen LogP contribution is 2.47. The molecule has 0 saturated heterocycles. The molecule has 2 heterocycles. The van der Waals surface area contributed by atoms with E-state index in [9.17, 15) is 9.59 Å². The normalized spacial score (nSPS) is 19.2. The van der Waals surface area contributed by atoms with Crippen LogP contribution in [0.15, 0.2) is 70.7 Å². The van der Waals surface area contributed by atoms with Crippen LogP contribution in [0.4, 0.5) is 11.5 Å². The number of nitrogens with one attached hydrogen (secondary N) is 2. The zero-order valence-electron chi connectivity index (χ0n) is 18.9. The minimum Gasteiger partial charge on any atom is -0.378 e. The van der Waals surface area contributed by atoms with Crippen molar-refractivity contribution in [1.29, 1.82) is 0 Å². The number of hydrogen-bond acceptors (Lipinski definition) is 4. The lowest BCUT2D eigenvalue weighted by Gasteiger charge is -2.37. The number of rotatable bonds is 3. The van der Waals surface area contributed by atoms with Crippen LogP contribution in [0, 0.1) is 5.41 Å². The molecule has 0 spiro atoms. The Balaban J connectivity index is 1.72. The van der Waals surface area contributed by atoms with E-state index in [0.29, 0.717) is 17.8 Å². The Hall–Kier alpha value is -3.54. The van der Waals surface area contributed by atoms with Gasteiger partial charge in [-0.25, -0.2) is 4.68 Å². The molecular formula is C26H28N4O2. The summed E-state index contributed by atoms with van der Waals surface area (Å²) in [6, 6.07) is 17.7. The van der Waals surface area contributed by atoms with Crippen LogP contribution in [-0.4, -0.2) is 29.7 Å². The third-order valence-electron chi connectivity index (χ3n) is 6.46. The van der Waals surface area contributed by atoms with Crippen LogP contribution >= 0.6 is 0 Å². The predicted octanol–water partition coefficient (Wildman–Crippen LogP) is 4.43. The highest BCUT2D eigenvalue weighted by Gasteiger charge is 2.42. The topological polar surface area (TPSA) is 70.1 Å². The Morgan fingerprint density at radius 3 is 2.31 bits per heavy atom. The van der Waals surface area contributed by atoms with E-state index in [0.717, 1.165) is 34.6 Å². The number of H-pyrrole nitrogens is 1. The maximum absolute atomic E-state index is 13.6. The smallest absolute Gasteiger partial charge is 0.277 e. The van der Waals surface area contributed by atoms with E-state index >= 15 is 0 Å². The molecule has 2 aromatic carbocycles. The van der Waals surface area contributed by atoms with Crippen molar-refractivity contribution in [3.63, 3.8) is 0 Å². The molecule has 0 amide bonds. The maximum atomic E-state index is 13.6. The molecular weight excluding hydrogens is 400 g/mol. The average Bonchev–Trinajstić information content (AvgIpc) is 3.08. The van der Waals surface area contributed by atoms with Gasteiger partial charge in [0, 0.05) is 43.4 Å². The van der Waals surface area contributed by atoms with E-state index in [2.05, 4.69) is 24.3 Å². The lowest BCUT2D eigenvalue weighted by molar-refractivity contribution is -0.118.